The lowest BCUT2D eigenvalue weighted by Gasteiger charge is -2.13. The summed E-state index contributed by atoms with van der Waals surface area (Å²) in [6, 6.07) is 0. The predicted octanol–water partition coefficient (Wildman–Crippen LogP) is 3.34. The molecule has 0 aromatic rings. The normalized spacial score (nSPS) is 16.8. The maximum absolute atomic E-state index is 10.8. The topological polar surface area (TPSA) is 53.5 Å². The Hall–Kier alpha value is -2.36. The van der Waals surface area contributed by atoms with E-state index in [1.54, 1.807) is 6.08 Å². The third kappa shape index (κ3) is 5.65. The number of amides is 1. The second-order valence-corrected chi connectivity index (χ2v) is 4.74. The van der Waals surface area contributed by atoms with Crippen LogP contribution < -0.4 is 10.6 Å². The van der Waals surface area contributed by atoms with Gasteiger partial charge in [0.1, 0.15) is 0 Å². The average Bonchev–Trinajstić information content (AvgIpc) is 2.48. The van der Waals surface area contributed by atoms with Crippen LogP contribution in [-0.2, 0) is 4.79 Å². The molecule has 0 saturated heterocycles. The zero-order valence-electron chi connectivity index (χ0n) is 12.9. The number of hydrogen-bond acceptors (Lipinski definition) is 2. The highest BCUT2D eigenvalue weighted by Gasteiger charge is 2.06. The Morgan fingerprint density at radius 2 is 2.10 bits per heavy atom. The first-order chi connectivity index (χ1) is 10.1. The van der Waals surface area contributed by atoms with Gasteiger partial charge in [0.25, 0.3) is 0 Å². The van der Waals surface area contributed by atoms with E-state index in [2.05, 4.69) is 34.4 Å². The van der Waals surface area contributed by atoms with Gasteiger partial charge in [-0.05, 0) is 50.8 Å². The van der Waals surface area contributed by atoms with Crippen molar-refractivity contribution in [2.75, 3.05) is 0 Å². The van der Waals surface area contributed by atoms with Crippen molar-refractivity contribution < 1.29 is 4.79 Å². The third-order valence-electron chi connectivity index (χ3n) is 3.07. The molecule has 0 aromatic heterocycles. The number of carbonyl (C=O) groups is 1. The molecule has 0 radical (unpaired) electrons. The van der Waals surface area contributed by atoms with Gasteiger partial charge in [0, 0.05) is 5.70 Å². The smallest absolute Gasteiger partial charge is 0.213 e. The number of rotatable bonds is 5. The van der Waals surface area contributed by atoms with Crippen LogP contribution in [0.2, 0.25) is 0 Å². The lowest BCUT2D eigenvalue weighted by Crippen LogP contribution is -2.35. The van der Waals surface area contributed by atoms with Gasteiger partial charge in [-0.3, -0.25) is 10.1 Å². The zero-order chi connectivity index (χ0) is 15.7. The molecule has 1 aliphatic rings. The largest absolute Gasteiger partial charge is 0.326 e. The molecule has 0 atom stereocenters. The van der Waals surface area contributed by atoms with Crippen LogP contribution in [0.1, 0.15) is 33.6 Å². The number of guanidine groups is 1. The quantitative estimate of drug-likeness (QED) is 0.352. The van der Waals surface area contributed by atoms with Crippen LogP contribution in [0.5, 0.6) is 0 Å². The van der Waals surface area contributed by atoms with E-state index >= 15 is 0 Å². The van der Waals surface area contributed by atoms with Crippen LogP contribution in [0, 0.1) is 0 Å². The van der Waals surface area contributed by atoms with Gasteiger partial charge in [0.05, 0.1) is 5.70 Å². The summed E-state index contributed by atoms with van der Waals surface area (Å²) in [5, 5.41) is 5.72. The summed E-state index contributed by atoms with van der Waals surface area (Å²) in [6.45, 7) is 9.62. The minimum absolute atomic E-state index is 0.409. The van der Waals surface area contributed by atoms with E-state index in [0.717, 1.165) is 35.4 Å². The molecule has 112 valence electrons. The van der Waals surface area contributed by atoms with Crippen molar-refractivity contribution in [2.45, 2.75) is 33.6 Å². The Balaban J connectivity index is 2.96. The van der Waals surface area contributed by atoms with Gasteiger partial charge in [0.2, 0.25) is 12.4 Å². The maximum Gasteiger partial charge on any atom is 0.213 e. The predicted molar refractivity (Wildman–Crippen MR) is 88.6 cm³/mol. The van der Waals surface area contributed by atoms with Gasteiger partial charge in [-0.15, -0.1) is 0 Å². The van der Waals surface area contributed by atoms with Crippen molar-refractivity contribution in [1.29, 1.82) is 0 Å². The van der Waals surface area contributed by atoms with Crippen molar-refractivity contribution in [3.05, 3.63) is 59.5 Å². The molecular formula is C17H23N3O. The molecule has 0 aliphatic heterocycles. The molecular weight excluding hydrogens is 262 g/mol. The highest BCUT2D eigenvalue weighted by molar-refractivity contribution is 5.91. The standard InChI is InChI=1S/C17H23N3O/c1-5-13(3)11-15(6-2)19-17(18-12-21)20-16-10-8-7-9-14(16)4/h5-6,9-12H,1,7-8H2,2-4H3,(H2,18,19,20,21)/b13-11-,15-6+. The first kappa shape index (κ1) is 16.7. The average molecular weight is 285 g/mol. The van der Waals surface area contributed by atoms with Gasteiger partial charge in [-0.25, -0.2) is 4.99 Å². The first-order valence-corrected chi connectivity index (χ1v) is 7.01. The lowest BCUT2D eigenvalue weighted by atomic mass is 10.1. The van der Waals surface area contributed by atoms with Crippen LogP contribution in [-0.4, -0.2) is 12.4 Å². The van der Waals surface area contributed by atoms with Crippen LogP contribution >= 0.6 is 0 Å². The minimum atomic E-state index is 0.409. The summed E-state index contributed by atoms with van der Waals surface area (Å²) in [4.78, 5) is 15.3. The van der Waals surface area contributed by atoms with Crippen molar-refractivity contribution in [3.8, 4) is 0 Å². The number of carbonyl (C=O) groups excluding carboxylic acids is 1. The fourth-order valence-corrected chi connectivity index (χ4v) is 1.82. The molecule has 1 rings (SSSR count). The first-order valence-electron chi connectivity index (χ1n) is 7.01. The summed E-state index contributed by atoms with van der Waals surface area (Å²) in [5.41, 5.74) is 3.87. The summed E-state index contributed by atoms with van der Waals surface area (Å²) >= 11 is 0. The number of hydrogen-bond donors (Lipinski definition) is 2. The van der Waals surface area contributed by atoms with Gasteiger partial charge in [-0.2, -0.15) is 0 Å². The second-order valence-electron chi connectivity index (χ2n) is 4.74. The van der Waals surface area contributed by atoms with Crippen molar-refractivity contribution in [1.82, 2.24) is 10.6 Å². The summed E-state index contributed by atoms with van der Waals surface area (Å²) < 4.78 is 0. The highest BCUT2D eigenvalue weighted by Crippen LogP contribution is 2.18. The fourth-order valence-electron chi connectivity index (χ4n) is 1.82. The van der Waals surface area contributed by atoms with E-state index in [4.69, 9.17) is 0 Å². The lowest BCUT2D eigenvalue weighted by molar-refractivity contribution is -0.108. The Labute approximate surface area is 126 Å². The van der Waals surface area contributed by atoms with Gasteiger partial charge >= 0.3 is 0 Å². The van der Waals surface area contributed by atoms with E-state index in [-0.39, 0.29) is 0 Å². The van der Waals surface area contributed by atoms with E-state index < -0.39 is 0 Å². The SMILES string of the molecule is C=C/C(C)=C\C(=C/C)NC(=NC1=CCCC=C1C)NC=O. The van der Waals surface area contributed by atoms with E-state index in [1.807, 2.05) is 32.9 Å². The molecule has 21 heavy (non-hydrogen) atoms. The maximum atomic E-state index is 10.8. The van der Waals surface area contributed by atoms with Crippen molar-refractivity contribution in [2.24, 2.45) is 4.99 Å². The van der Waals surface area contributed by atoms with Gasteiger partial charge < -0.3 is 5.32 Å². The summed E-state index contributed by atoms with van der Waals surface area (Å²) in [5.74, 6) is 0.409. The number of aliphatic imine (C=N–C) groups is 1. The Morgan fingerprint density at radius 3 is 2.67 bits per heavy atom. The summed E-state index contributed by atoms with van der Waals surface area (Å²) in [7, 11) is 0. The molecule has 2 N–H and O–H groups in total. The number of allylic oxidation sites excluding steroid dienone is 7. The third-order valence-corrected chi connectivity index (χ3v) is 3.07. The fraction of sp³-hybridized carbons (Fsp3) is 0.294. The van der Waals surface area contributed by atoms with Crippen LogP contribution in [0.3, 0.4) is 0 Å². The molecule has 0 aromatic carbocycles. The summed E-state index contributed by atoms with van der Waals surface area (Å²) in [6.07, 6.45) is 12.5. The molecule has 0 bridgehead atoms. The molecule has 4 nitrogen and oxygen atoms in total. The van der Waals surface area contributed by atoms with E-state index in [1.165, 1.54) is 0 Å². The van der Waals surface area contributed by atoms with Gasteiger partial charge in [-0.1, -0.05) is 30.9 Å². The van der Waals surface area contributed by atoms with E-state index in [9.17, 15) is 4.79 Å². The number of nitrogens with zero attached hydrogens (tertiary/aromatic N) is 1. The highest BCUT2D eigenvalue weighted by atomic mass is 16.1. The Kier molecular flexibility index (Phi) is 6.95. The molecule has 0 saturated carbocycles. The Bertz CT molecular complexity index is 548. The molecule has 4 heteroatoms. The zero-order valence-corrected chi connectivity index (χ0v) is 12.9. The molecule has 1 aliphatic carbocycles. The molecule has 0 heterocycles. The van der Waals surface area contributed by atoms with E-state index in [0.29, 0.717) is 12.4 Å². The molecule has 0 fully saturated rings. The monoisotopic (exact) mass is 285 g/mol. The van der Waals surface area contributed by atoms with Crippen LogP contribution in [0.25, 0.3) is 0 Å². The molecule has 0 unspecified atom stereocenters. The van der Waals surface area contributed by atoms with Crippen molar-refractivity contribution in [3.63, 3.8) is 0 Å². The van der Waals surface area contributed by atoms with Crippen LogP contribution in [0.15, 0.2) is 64.5 Å². The van der Waals surface area contributed by atoms with Crippen LogP contribution in [0.4, 0.5) is 0 Å². The van der Waals surface area contributed by atoms with Gasteiger partial charge in [0.15, 0.2) is 0 Å². The second kappa shape index (κ2) is 8.74. The number of nitrogens with one attached hydrogen (secondary N) is 2. The molecule has 0 spiro atoms. The molecule has 1 amide bonds. The van der Waals surface area contributed by atoms with Crippen molar-refractivity contribution >= 4 is 12.4 Å². The Morgan fingerprint density at radius 1 is 1.38 bits per heavy atom. The minimum Gasteiger partial charge on any atom is -0.326 e.